The number of nitrogens with two attached hydrogens (primary N) is 1. The monoisotopic (exact) mass is 236 g/mol. The molecule has 1 aromatic carbocycles. The molecule has 0 saturated heterocycles. The van der Waals surface area contributed by atoms with Gasteiger partial charge in [-0.2, -0.15) is 0 Å². The Morgan fingerprint density at radius 2 is 2.18 bits per heavy atom. The molecule has 0 spiro atoms. The van der Waals surface area contributed by atoms with E-state index in [1.54, 1.807) is 12.1 Å². The maximum Gasteiger partial charge on any atom is 0.335 e. The van der Waals surface area contributed by atoms with Crippen molar-refractivity contribution in [1.82, 2.24) is 0 Å². The van der Waals surface area contributed by atoms with E-state index in [4.69, 9.17) is 10.8 Å². The predicted octanol–water partition coefficient (Wildman–Crippen LogP) is 1.45. The SMILES string of the molecule is CCC[C@@H](N)C(=O)Nc1cccc(C(=O)O)c1. The highest BCUT2D eigenvalue weighted by atomic mass is 16.4. The number of nitrogens with one attached hydrogen (secondary N) is 1. The Bertz CT molecular complexity index is 418. The number of benzene rings is 1. The van der Waals surface area contributed by atoms with Crippen molar-refractivity contribution >= 4 is 17.6 Å². The van der Waals surface area contributed by atoms with Crippen LogP contribution in [0.2, 0.25) is 0 Å². The highest BCUT2D eigenvalue weighted by molar-refractivity contribution is 5.96. The van der Waals surface area contributed by atoms with Crippen LogP contribution in [0.3, 0.4) is 0 Å². The van der Waals surface area contributed by atoms with Crippen molar-refractivity contribution in [2.45, 2.75) is 25.8 Å². The Kier molecular flexibility index (Phi) is 4.66. The van der Waals surface area contributed by atoms with Crippen LogP contribution in [-0.2, 0) is 4.79 Å². The van der Waals surface area contributed by atoms with E-state index >= 15 is 0 Å². The highest BCUT2D eigenvalue weighted by Gasteiger charge is 2.12. The molecule has 0 aliphatic heterocycles. The summed E-state index contributed by atoms with van der Waals surface area (Å²) in [6.07, 6.45) is 1.42. The van der Waals surface area contributed by atoms with Gasteiger partial charge >= 0.3 is 5.97 Å². The minimum Gasteiger partial charge on any atom is -0.478 e. The summed E-state index contributed by atoms with van der Waals surface area (Å²) in [6.45, 7) is 1.94. The van der Waals surface area contributed by atoms with E-state index in [1.165, 1.54) is 12.1 Å². The van der Waals surface area contributed by atoms with E-state index in [-0.39, 0.29) is 11.5 Å². The fourth-order valence-electron chi connectivity index (χ4n) is 1.41. The molecule has 0 heterocycles. The fourth-order valence-corrected chi connectivity index (χ4v) is 1.41. The number of carbonyl (C=O) groups excluding carboxylic acids is 1. The van der Waals surface area contributed by atoms with Crippen LogP contribution in [0, 0.1) is 0 Å². The smallest absolute Gasteiger partial charge is 0.335 e. The topological polar surface area (TPSA) is 92.4 Å². The van der Waals surface area contributed by atoms with Crippen LogP contribution in [0.15, 0.2) is 24.3 Å². The van der Waals surface area contributed by atoms with E-state index in [2.05, 4.69) is 5.32 Å². The second kappa shape index (κ2) is 6.00. The van der Waals surface area contributed by atoms with Crippen molar-refractivity contribution in [3.8, 4) is 0 Å². The molecule has 1 atom stereocenters. The minimum absolute atomic E-state index is 0.131. The van der Waals surface area contributed by atoms with Crippen molar-refractivity contribution in [3.63, 3.8) is 0 Å². The van der Waals surface area contributed by atoms with Gasteiger partial charge in [-0.15, -0.1) is 0 Å². The summed E-state index contributed by atoms with van der Waals surface area (Å²) < 4.78 is 0. The van der Waals surface area contributed by atoms with Gasteiger partial charge in [-0.25, -0.2) is 4.79 Å². The molecule has 4 N–H and O–H groups in total. The van der Waals surface area contributed by atoms with Crippen LogP contribution in [0.4, 0.5) is 5.69 Å². The average Bonchev–Trinajstić information content (AvgIpc) is 2.29. The molecule has 0 saturated carbocycles. The molecule has 1 aromatic rings. The Labute approximate surface area is 99.6 Å². The summed E-state index contributed by atoms with van der Waals surface area (Å²) >= 11 is 0. The van der Waals surface area contributed by atoms with Crippen molar-refractivity contribution < 1.29 is 14.7 Å². The summed E-state index contributed by atoms with van der Waals surface area (Å²) in [4.78, 5) is 22.3. The standard InChI is InChI=1S/C12H16N2O3/c1-2-4-10(13)11(15)14-9-6-3-5-8(7-9)12(16)17/h3,5-7,10H,2,4,13H2,1H3,(H,14,15)(H,16,17)/t10-/m1/s1. The lowest BCUT2D eigenvalue weighted by molar-refractivity contribution is -0.117. The number of carboxylic acid groups (broad SMARTS) is 1. The molecular weight excluding hydrogens is 220 g/mol. The van der Waals surface area contributed by atoms with E-state index < -0.39 is 12.0 Å². The van der Waals surface area contributed by atoms with Crippen LogP contribution >= 0.6 is 0 Å². The number of carboxylic acids is 1. The zero-order valence-electron chi connectivity index (χ0n) is 9.64. The molecular formula is C12H16N2O3. The van der Waals surface area contributed by atoms with Gasteiger partial charge < -0.3 is 16.2 Å². The molecule has 0 aliphatic carbocycles. The molecule has 5 heteroatoms. The van der Waals surface area contributed by atoms with Gasteiger partial charge in [-0.1, -0.05) is 19.4 Å². The van der Waals surface area contributed by atoms with Gasteiger partial charge in [0.05, 0.1) is 11.6 Å². The molecule has 0 radical (unpaired) electrons. The second-order valence-corrected chi connectivity index (χ2v) is 3.77. The number of hydrogen-bond acceptors (Lipinski definition) is 3. The number of amides is 1. The van der Waals surface area contributed by atoms with E-state index in [0.717, 1.165) is 6.42 Å². The molecule has 0 aliphatic rings. The van der Waals surface area contributed by atoms with Crippen molar-refractivity contribution in [2.24, 2.45) is 5.73 Å². The molecule has 17 heavy (non-hydrogen) atoms. The third-order valence-corrected chi connectivity index (χ3v) is 2.31. The summed E-state index contributed by atoms with van der Waals surface area (Å²) in [5, 5.41) is 11.4. The molecule has 1 amide bonds. The number of aromatic carboxylic acids is 1. The first-order valence-corrected chi connectivity index (χ1v) is 5.44. The number of anilines is 1. The maximum absolute atomic E-state index is 11.6. The van der Waals surface area contributed by atoms with Crippen LogP contribution in [0.1, 0.15) is 30.1 Å². The number of rotatable bonds is 5. The largest absolute Gasteiger partial charge is 0.478 e. The van der Waals surface area contributed by atoms with Gasteiger partial charge in [0.1, 0.15) is 0 Å². The second-order valence-electron chi connectivity index (χ2n) is 3.77. The number of carbonyl (C=O) groups is 2. The van der Waals surface area contributed by atoms with Gasteiger partial charge in [0.25, 0.3) is 0 Å². The highest BCUT2D eigenvalue weighted by Crippen LogP contribution is 2.11. The van der Waals surface area contributed by atoms with E-state index in [9.17, 15) is 9.59 Å². The maximum atomic E-state index is 11.6. The van der Waals surface area contributed by atoms with Crippen LogP contribution in [0.25, 0.3) is 0 Å². The Hall–Kier alpha value is -1.88. The lowest BCUT2D eigenvalue weighted by Crippen LogP contribution is -2.35. The van der Waals surface area contributed by atoms with Gasteiger partial charge in [0.15, 0.2) is 0 Å². The molecule has 0 aromatic heterocycles. The first-order valence-electron chi connectivity index (χ1n) is 5.44. The van der Waals surface area contributed by atoms with E-state index in [0.29, 0.717) is 12.1 Å². The van der Waals surface area contributed by atoms with Gasteiger partial charge in [0, 0.05) is 5.69 Å². The quantitative estimate of drug-likeness (QED) is 0.721. The average molecular weight is 236 g/mol. The zero-order valence-corrected chi connectivity index (χ0v) is 9.64. The summed E-state index contributed by atoms with van der Waals surface area (Å²) in [5.74, 6) is -1.33. The van der Waals surface area contributed by atoms with Crippen molar-refractivity contribution in [2.75, 3.05) is 5.32 Å². The first-order chi connectivity index (χ1) is 8.04. The zero-order chi connectivity index (χ0) is 12.8. The molecule has 0 fully saturated rings. The summed E-state index contributed by atoms with van der Waals surface area (Å²) in [6, 6.07) is 5.50. The van der Waals surface area contributed by atoms with Crippen LogP contribution in [-0.4, -0.2) is 23.0 Å². The Morgan fingerprint density at radius 3 is 2.76 bits per heavy atom. The summed E-state index contributed by atoms with van der Waals surface area (Å²) in [5.41, 5.74) is 6.22. The lowest BCUT2D eigenvalue weighted by atomic mass is 10.1. The van der Waals surface area contributed by atoms with Gasteiger partial charge in [0.2, 0.25) is 5.91 Å². The Balaban J connectivity index is 2.71. The molecule has 92 valence electrons. The van der Waals surface area contributed by atoms with E-state index in [1.807, 2.05) is 6.92 Å². The van der Waals surface area contributed by atoms with Crippen LogP contribution < -0.4 is 11.1 Å². The molecule has 0 unspecified atom stereocenters. The lowest BCUT2D eigenvalue weighted by Gasteiger charge is -2.11. The number of hydrogen-bond donors (Lipinski definition) is 3. The normalized spacial score (nSPS) is 11.9. The predicted molar refractivity (Wildman–Crippen MR) is 64.9 cm³/mol. The fraction of sp³-hybridized carbons (Fsp3) is 0.333. The van der Waals surface area contributed by atoms with Gasteiger partial charge in [-0.05, 0) is 24.6 Å². The third kappa shape index (κ3) is 3.88. The molecule has 1 rings (SSSR count). The Morgan fingerprint density at radius 1 is 1.47 bits per heavy atom. The minimum atomic E-state index is -1.03. The van der Waals surface area contributed by atoms with Crippen molar-refractivity contribution in [1.29, 1.82) is 0 Å². The van der Waals surface area contributed by atoms with Crippen molar-refractivity contribution in [3.05, 3.63) is 29.8 Å². The molecule has 5 nitrogen and oxygen atoms in total. The summed E-state index contributed by atoms with van der Waals surface area (Å²) in [7, 11) is 0. The third-order valence-electron chi connectivity index (χ3n) is 2.31. The first kappa shape index (κ1) is 13.2. The van der Waals surface area contributed by atoms with Gasteiger partial charge in [-0.3, -0.25) is 4.79 Å². The molecule has 0 bridgehead atoms. The van der Waals surface area contributed by atoms with Crippen LogP contribution in [0.5, 0.6) is 0 Å².